The molecule has 0 heterocycles. The average Bonchev–Trinajstić information content (AvgIpc) is 2.02. The van der Waals surface area contributed by atoms with Gasteiger partial charge in [0.25, 0.3) is 0 Å². The van der Waals surface area contributed by atoms with Crippen LogP contribution in [0.5, 0.6) is 5.75 Å². The van der Waals surface area contributed by atoms with Crippen molar-refractivity contribution in [3.63, 3.8) is 0 Å². The van der Waals surface area contributed by atoms with Crippen LogP contribution in [0.3, 0.4) is 0 Å². The van der Waals surface area contributed by atoms with E-state index in [9.17, 15) is 9.18 Å². The third-order valence-corrected chi connectivity index (χ3v) is 1.86. The Balaban J connectivity index is 3.52. The highest BCUT2D eigenvalue weighted by atomic mass is 35.5. The minimum absolute atomic E-state index is 0.150. The highest BCUT2D eigenvalue weighted by molar-refractivity contribution is 6.36. The van der Waals surface area contributed by atoms with Crippen LogP contribution in [0.2, 0.25) is 10.0 Å². The quantitative estimate of drug-likeness (QED) is 0.570. The number of phenols is 1. The Kier molecular flexibility index (Phi) is 2.55. The van der Waals surface area contributed by atoms with Gasteiger partial charge in [-0.15, -0.1) is 0 Å². The fraction of sp³-hybridized carbons (Fsp3) is 0. The number of hydrogen-bond donors (Lipinski definition) is 1. The number of aldehydes is 1. The van der Waals surface area contributed by atoms with E-state index in [0.717, 1.165) is 6.07 Å². The number of halogens is 3. The van der Waals surface area contributed by atoms with Gasteiger partial charge in [-0.3, -0.25) is 4.79 Å². The van der Waals surface area contributed by atoms with Crippen molar-refractivity contribution in [2.75, 3.05) is 0 Å². The Labute approximate surface area is 77.5 Å². The Bertz CT molecular complexity index is 312. The second-order valence-corrected chi connectivity index (χ2v) is 2.85. The molecule has 1 aromatic carbocycles. The van der Waals surface area contributed by atoms with Crippen LogP contribution < -0.4 is 0 Å². The standard InChI is InChI=1S/C7H3Cl2FO2/c8-4-1-5(9)7(12)3(2-11)6(4)10/h1-2,12H. The molecular weight excluding hydrogens is 206 g/mol. The summed E-state index contributed by atoms with van der Waals surface area (Å²) in [4.78, 5) is 10.2. The van der Waals surface area contributed by atoms with E-state index in [1.807, 2.05) is 0 Å². The molecule has 1 N–H and O–H groups in total. The lowest BCUT2D eigenvalue weighted by molar-refractivity contribution is 0.111. The van der Waals surface area contributed by atoms with Gasteiger partial charge in [-0.1, -0.05) is 23.2 Å². The van der Waals surface area contributed by atoms with Gasteiger partial charge in [0.2, 0.25) is 0 Å². The molecule has 0 aliphatic rings. The molecule has 12 heavy (non-hydrogen) atoms. The van der Waals surface area contributed by atoms with Crippen LogP contribution in [-0.4, -0.2) is 11.4 Å². The zero-order valence-electron chi connectivity index (χ0n) is 5.64. The number of aromatic hydroxyl groups is 1. The lowest BCUT2D eigenvalue weighted by atomic mass is 10.2. The first kappa shape index (κ1) is 9.29. The molecule has 1 aromatic rings. The monoisotopic (exact) mass is 208 g/mol. The van der Waals surface area contributed by atoms with Crippen LogP contribution in [-0.2, 0) is 0 Å². The van der Waals surface area contributed by atoms with Crippen LogP contribution in [0, 0.1) is 5.82 Å². The minimum atomic E-state index is -0.964. The first-order valence-corrected chi connectivity index (χ1v) is 3.65. The smallest absolute Gasteiger partial charge is 0.156 e. The van der Waals surface area contributed by atoms with E-state index in [-0.39, 0.29) is 16.3 Å². The number of benzene rings is 1. The van der Waals surface area contributed by atoms with E-state index in [1.165, 1.54) is 0 Å². The zero-order valence-corrected chi connectivity index (χ0v) is 7.16. The van der Waals surface area contributed by atoms with Gasteiger partial charge < -0.3 is 5.11 Å². The van der Waals surface area contributed by atoms with Gasteiger partial charge in [-0.2, -0.15) is 0 Å². The number of phenolic OH excluding ortho intramolecular Hbond substituents is 1. The lowest BCUT2D eigenvalue weighted by Crippen LogP contribution is -1.90. The first-order valence-electron chi connectivity index (χ1n) is 2.89. The summed E-state index contributed by atoms with van der Waals surface area (Å²) in [5.74, 6) is -1.55. The molecular formula is C7H3Cl2FO2. The molecule has 0 fully saturated rings. The molecule has 5 heteroatoms. The predicted molar refractivity (Wildman–Crippen MR) is 43.5 cm³/mol. The third-order valence-electron chi connectivity index (χ3n) is 1.30. The summed E-state index contributed by atoms with van der Waals surface area (Å²) in [6.45, 7) is 0. The molecule has 0 aliphatic heterocycles. The van der Waals surface area contributed by atoms with Crippen molar-refractivity contribution in [2.45, 2.75) is 0 Å². The van der Waals surface area contributed by atoms with Crippen molar-refractivity contribution in [2.24, 2.45) is 0 Å². The molecule has 0 radical (unpaired) electrons. The molecule has 1 rings (SSSR count). The van der Waals surface area contributed by atoms with Crippen LogP contribution in [0.15, 0.2) is 6.07 Å². The molecule has 0 aromatic heterocycles. The highest BCUT2D eigenvalue weighted by Gasteiger charge is 2.14. The number of carbonyl (C=O) groups is 1. The topological polar surface area (TPSA) is 37.3 Å². The van der Waals surface area contributed by atoms with Gasteiger partial charge in [-0.25, -0.2) is 4.39 Å². The third kappa shape index (κ3) is 1.38. The molecule has 64 valence electrons. The van der Waals surface area contributed by atoms with Gasteiger partial charge in [0.05, 0.1) is 15.6 Å². The van der Waals surface area contributed by atoms with Crippen molar-refractivity contribution >= 4 is 29.5 Å². The second-order valence-electron chi connectivity index (χ2n) is 2.03. The van der Waals surface area contributed by atoms with Gasteiger partial charge in [-0.05, 0) is 6.07 Å². The highest BCUT2D eigenvalue weighted by Crippen LogP contribution is 2.32. The molecule has 0 unspecified atom stereocenters. The van der Waals surface area contributed by atoms with Gasteiger partial charge in [0, 0.05) is 0 Å². The zero-order chi connectivity index (χ0) is 9.30. The maximum Gasteiger partial charge on any atom is 0.156 e. The minimum Gasteiger partial charge on any atom is -0.506 e. The van der Waals surface area contributed by atoms with E-state index in [1.54, 1.807) is 0 Å². The van der Waals surface area contributed by atoms with Crippen molar-refractivity contribution in [1.29, 1.82) is 0 Å². The fourth-order valence-electron chi connectivity index (χ4n) is 0.712. The van der Waals surface area contributed by atoms with Gasteiger partial charge >= 0.3 is 0 Å². The van der Waals surface area contributed by atoms with E-state index in [2.05, 4.69) is 0 Å². The Morgan fingerprint density at radius 1 is 1.42 bits per heavy atom. The number of carbonyl (C=O) groups excluding carboxylic acids is 1. The summed E-state index contributed by atoms with van der Waals surface area (Å²) in [7, 11) is 0. The first-order chi connectivity index (χ1) is 5.57. The van der Waals surface area contributed by atoms with Gasteiger partial charge in [0.15, 0.2) is 12.1 Å². The lowest BCUT2D eigenvalue weighted by Gasteiger charge is -2.02. The van der Waals surface area contributed by atoms with Crippen molar-refractivity contribution in [3.05, 3.63) is 27.5 Å². The predicted octanol–water partition coefficient (Wildman–Crippen LogP) is 2.65. The van der Waals surface area contributed by atoms with E-state index >= 15 is 0 Å². The molecule has 0 saturated heterocycles. The summed E-state index contributed by atoms with van der Waals surface area (Å²) >= 11 is 10.8. The maximum absolute atomic E-state index is 12.9. The molecule has 0 atom stereocenters. The summed E-state index contributed by atoms with van der Waals surface area (Å²) in [5.41, 5.74) is -0.521. The molecule has 0 amide bonds. The average molecular weight is 209 g/mol. The second kappa shape index (κ2) is 3.29. The van der Waals surface area contributed by atoms with Crippen LogP contribution >= 0.6 is 23.2 Å². The molecule has 0 bridgehead atoms. The Hall–Kier alpha value is -0.800. The van der Waals surface area contributed by atoms with E-state index in [0.29, 0.717) is 0 Å². The number of rotatable bonds is 1. The van der Waals surface area contributed by atoms with Gasteiger partial charge in [0.1, 0.15) is 5.75 Å². The van der Waals surface area contributed by atoms with E-state index in [4.69, 9.17) is 28.3 Å². The molecule has 0 spiro atoms. The Morgan fingerprint density at radius 3 is 2.50 bits per heavy atom. The van der Waals surface area contributed by atoms with E-state index < -0.39 is 17.1 Å². The molecule has 0 saturated carbocycles. The summed E-state index contributed by atoms with van der Waals surface area (Å²) in [6.07, 6.45) is 0.155. The van der Waals surface area contributed by atoms with Crippen molar-refractivity contribution in [3.8, 4) is 5.75 Å². The van der Waals surface area contributed by atoms with Crippen LogP contribution in [0.4, 0.5) is 4.39 Å². The number of hydrogen-bond acceptors (Lipinski definition) is 2. The summed E-state index contributed by atoms with van der Waals surface area (Å²) in [5, 5.41) is 8.60. The fourth-order valence-corrected chi connectivity index (χ4v) is 1.19. The summed E-state index contributed by atoms with van der Waals surface area (Å²) < 4.78 is 12.9. The Morgan fingerprint density at radius 2 is 2.00 bits per heavy atom. The van der Waals surface area contributed by atoms with Crippen molar-refractivity contribution in [1.82, 2.24) is 0 Å². The largest absolute Gasteiger partial charge is 0.506 e. The van der Waals surface area contributed by atoms with Crippen LogP contribution in [0.1, 0.15) is 10.4 Å². The summed E-state index contributed by atoms with van der Waals surface area (Å²) in [6, 6.07) is 1.03. The normalized spacial score (nSPS) is 9.92. The molecule has 2 nitrogen and oxygen atoms in total. The maximum atomic E-state index is 12.9. The van der Waals surface area contributed by atoms with Crippen LogP contribution in [0.25, 0.3) is 0 Å². The van der Waals surface area contributed by atoms with Crippen molar-refractivity contribution < 1.29 is 14.3 Å². The SMILES string of the molecule is O=Cc1c(O)c(Cl)cc(Cl)c1F. The molecule has 0 aliphatic carbocycles.